The van der Waals surface area contributed by atoms with E-state index in [0.717, 1.165) is 18.2 Å². The molecule has 1 aromatic carbocycles. The van der Waals surface area contributed by atoms with Crippen LogP contribution in [0.4, 0.5) is 10.5 Å². The van der Waals surface area contributed by atoms with Crippen molar-refractivity contribution in [3.05, 3.63) is 28.8 Å². The summed E-state index contributed by atoms with van der Waals surface area (Å²) >= 11 is 5.88. The number of hydrogen-bond donors (Lipinski definition) is 3. The molecule has 0 fully saturated rings. The van der Waals surface area contributed by atoms with E-state index in [4.69, 9.17) is 11.6 Å². The molecule has 0 atom stereocenters. The highest BCUT2D eigenvalue weighted by atomic mass is 35.5. The Balaban J connectivity index is 2.47. The molecule has 0 bridgehead atoms. The number of halogens is 1. The average Bonchev–Trinajstić information content (AvgIpc) is 2.35. The van der Waals surface area contributed by atoms with Crippen LogP contribution in [0.2, 0.25) is 5.02 Å². The van der Waals surface area contributed by atoms with Crippen molar-refractivity contribution < 1.29 is 13.2 Å². The van der Waals surface area contributed by atoms with E-state index in [1.165, 1.54) is 0 Å². The van der Waals surface area contributed by atoms with E-state index < -0.39 is 16.1 Å². The van der Waals surface area contributed by atoms with E-state index >= 15 is 0 Å². The first-order valence-electron chi connectivity index (χ1n) is 6.09. The van der Waals surface area contributed by atoms with E-state index in [1.54, 1.807) is 18.2 Å². The van der Waals surface area contributed by atoms with Gasteiger partial charge >= 0.3 is 6.03 Å². The zero-order chi connectivity index (χ0) is 15.2. The van der Waals surface area contributed by atoms with Gasteiger partial charge in [-0.05, 0) is 30.2 Å². The standard InChI is InChI=1S/C12H18ClN3O3S/c1-3-9-8-10(13)4-5-11(9)16-12(17)14-6-7-15-20(2,18)19/h4-5,8,15H,3,6-7H2,1-2H3,(H2,14,16,17). The zero-order valence-corrected chi connectivity index (χ0v) is 12.9. The van der Waals surface area contributed by atoms with Crippen LogP contribution in [0.1, 0.15) is 12.5 Å². The number of rotatable bonds is 6. The van der Waals surface area contributed by atoms with Gasteiger partial charge in [-0.2, -0.15) is 0 Å². The van der Waals surface area contributed by atoms with Gasteiger partial charge in [0, 0.05) is 23.8 Å². The summed E-state index contributed by atoms with van der Waals surface area (Å²) in [6, 6.07) is 4.83. The van der Waals surface area contributed by atoms with Crippen molar-refractivity contribution >= 4 is 33.3 Å². The first-order valence-corrected chi connectivity index (χ1v) is 8.36. The Kier molecular flexibility index (Phi) is 6.25. The van der Waals surface area contributed by atoms with Crippen LogP contribution in [-0.4, -0.2) is 33.8 Å². The van der Waals surface area contributed by atoms with Crippen LogP contribution in [0.25, 0.3) is 0 Å². The SMILES string of the molecule is CCc1cc(Cl)ccc1NC(=O)NCCNS(C)(=O)=O. The molecule has 0 unspecified atom stereocenters. The number of sulfonamides is 1. The van der Waals surface area contributed by atoms with Gasteiger partial charge in [0.25, 0.3) is 0 Å². The molecule has 6 nitrogen and oxygen atoms in total. The maximum atomic E-state index is 11.7. The number of carbonyl (C=O) groups is 1. The number of benzene rings is 1. The van der Waals surface area contributed by atoms with Crippen LogP contribution >= 0.6 is 11.6 Å². The molecule has 0 radical (unpaired) electrons. The smallest absolute Gasteiger partial charge is 0.319 e. The van der Waals surface area contributed by atoms with Gasteiger partial charge in [0.15, 0.2) is 0 Å². The van der Waals surface area contributed by atoms with Crippen molar-refractivity contribution in [3.8, 4) is 0 Å². The molecule has 0 saturated heterocycles. The molecule has 3 N–H and O–H groups in total. The molecule has 0 saturated carbocycles. The van der Waals surface area contributed by atoms with Crippen LogP contribution in [-0.2, 0) is 16.4 Å². The second-order valence-electron chi connectivity index (χ2n) is 4.20. The number of anilines is 1. The molecule has 0 spiro atoms. The highest BCUT2D eigenvalue weighted by Crippen LogP contribution is 2.20. The fourth-order valence-electron chi connectivity index (χ4n) is 1.56. The normalized spacial score (nSPS) is 11.2. The van der Waals surface area contributed by atoms with E-state index in [1.807, 2.05) is 6.92 Å². The lowest BCUT2D eigenvalue weighted by Crippen LogP contribution is -2.36. The van der Waals surface area contributed by atoms with Crippen molar-refractivity contribution in [1.29, 1.82) is 0 Å². The maximum Gasteiger partial charge on any atom is 0.319 e. The van der Waals surface area contributed by atoms with Crippen LogP contribution < -0.4 is 15.4 Å². The third kappa shape index (κ3) is 6.23. The third-order valence-electron chi connectivity index (χ3n) is 2.47. The summed E-state index contributed by atoms with van der Waals surface area (Å²) in [5.74, 6) is 0. The Morgan fingerprint density at radius 1 is 1.30 bits per heavy atom. The molecular weight excluding hydrogens is 302 g/mol. The van der Waals surface area contributed by atoms with Gasteiger partial charge in [-0.25, -0.2) is 17.9 Å². The van der Waals surface area contributed by atoms with Crippen molar-refractivity contribution in [1.82, 2.24) is 10.0 Å². The minimum absolute atomic E-state index is 0.146. The van der Waals surface area contributed by atoms with E-state index in [-0.39, 0.29) is 13.1 Å². The summed E-state index contributed by atoms with van der Waals surface area (Å²) in [7, 11) is -3.23. The second kappa shape index (κ2) is 7.47. The topological polar surface area (TPSA) is 87.3 Å². The van der Waals surface area contributed by atoms with Crippen LogP contribution in [0.3, 0.4) is 0 Å². The predicted molar refractivity (Wildman–Crippen MR) is 80.7 cm³/mol. The molecule has 112 valence electrons. The molecule has 20 heavy (non-hydrogen) atoms. The van der Waals surface area contributed by atoms with Crippen molar-refractivity contribution in [2.24, 2.45) is 0 Å². The molecule has 0 aromatic heterocycles. The number of nitrogens with one attached hydrogen (secondary N) is 3. The number of urea groups is 1. The van der Waals surface area contributed by atoms with Crippen LogP contribution in [0, 0.1) is 0 Å². The fourth-order valence-corrected chi connectivity index (χ4v) is 2.22. The van der Waals surface area contributed by atoms with E-state index in [0.29, 0.717) is 10.7 Å². The monoisotopic (exact) mass is 319 g/mol. The minimum atomic E-state index is -3.23. The molecule has 1 aromatic rings. The lowest BCUT2D eigenvalue weighted by atomic mass is 10.1. The summed E-state index contributed by atoms with van der Waals surface area (Å²) in [6.45, 7) is 2.31. The van der Waals surface area contributed by atoms with Gasteiger partial charge in [0.1, 0.15) is 0 Å². The van der Waals surface area contributed by atoms with Gasteiger partial charge in [-0.3, -0.25) is 0 Å². The molecule has 0 aliphatic carbocycles. The summed E-state index contributed by atoms with van der Waals surface area (Å²) in [5.41, 5.74) is 1.62. The second-order valence-corrected chi connectivity index (χ2v) is 6.47. The Bertz CT molecular complexity index is 575. The summed E-state index contributed by atoms with van der Waals surface area (Å²) < 4.78 is 23.9. The van der Waals surface area contributed by atoms with Gasteiger partial charge in [0.2, 0.25) is 10.0 Å². The third-order valence-corrected chi connectivity index (χ3v) is 3.43. The highest BCUT2D eigenvalue weighted by Gasteiger charge is 2.06. The fraction of sp³-hybridized carbons (Fsp3) is 0.417. The van der Waals surface area contributed by atoms with Crippen LogP contribution in [0.15, 0.2) is 18.2 Å². The summed E-state index contributed by atoms with van der Waals surface area (Å²) in [5, 5.41) is 5.88. The molecule has 0 aliphatic rings. The maximum absolute atomic E-state index is 11.7. The Morgan fingerprint density at radius 3 is 2.60 bits per heavy atom. The average molecular weight is 320 g/mol. The van der Waals surface area contributed by atoms with Crippen LogP contribution in [0.5, 0.6) is 0 Å². The van der Waals surface area contributed by atoms with E-state index in [2.05, 4.69) is 15.4 Å². The molecule has 1 rings (SSSR count). The Hall–Kier alpha value is -1.31. The number of amides is 2. The Labute approximate surface area is 123 Å². The largest absolute Gasteiger partial charge is 0.337 e. The van der Waals surface area contributed by atoms with Gasteiger partial charge in [-0.15, -0.1) is 0 Å². The van der Waals surface area contributed by atoms with Gasteiger partial charge in [-0.1, -0.05) is 18.5 Å². The van der Waals surface area contributed by atoms with Gasteiger partial charge < -0.3 is 10.6 Å². The minimum Gasteiger partial charge on any atom is -0.337 e. The number of aryl methyl sites for hydroxylation is 1. The first-order chi connectivity index (χ1) is 9.31. The van der Waals surface area contributed by atoms with Crippen molar-refractivity contribution in [2.75, 3.05) is 24.7 Å². The van der Waals surface area contributed by atoms with Crippen molar-refractivity contribution in [2.45, 2.75) is 13.3 Å². The number of carbonyl (C=O) groups excluding carboxylic acids is 1. The predicted octanol–water partition coefficient (Wildman–Crippen LogP) is 1.57. The number of hydrogen-bond acceptors (Lipinski definition) is 3. The van der Waals surface area contributed by atoms with Crippen molar-refractivity contribution in [3.63, 3.8) is 0 Å². The lowest BCUT2D eigenvalue weighted by Gasteiger charge is -2.11. The molecule has 0 heterocycles. The quantitative estimate of drug-likeness (QED) is 0.696. The summed E-state index contributed by atoms with van der Waals surface area (Å²) in [6.07, 6.45) is 1.81. The first kappa shape index (κ1) is 16.7. The summed E-state index contributed by atoms with van der Waals surface area (Å²) in [4.78, 5) is 11.7. The lowest BCUT2D eigenvalue weighted by molar-refractivity contribution is 0.252. The molecule has 0 aliphatic heterocycles. The van der Waals surface area contributed by atoms with Gasteiger partial charge in [0.05, 0.1) is 6.26 Å². The molecule has 2 amide bonds. The highest BCUT2D eigenvalue weighted by molar-refractivity contribution is 7.88. The van der Waals surface area contributed by atoms with E-state index in [9.17, 15) is 13.2 Å². The molecule has 8 heteroatoms. The molecular formula is C12H18ClN3O3S. The zero-order valence-electron chi connectivity index (χ0n) is 11.4. The Morgan fingerprint density at radius 2 is 2.00 bits per heavy atom.